The van der Waals surface area contributed by atoms with E-state index in [1.165, 1.54) is 7.11 Å². The summed E-state index contributed by atoms with van der Waals surface area (Å²) in [5.41, 5.74) is 0.505. The normalized spacial score (nSPS) is 20.6. The largest absolute Gasteiger partial charge is 0.493 e. The highest BCUT2D eigenvalue weighted by Crippen LogP contribution is 2.29. The summed E-state index contributed by atoms with van der Waals surface area (Å²) in [5, 5.41) is 12.0. The third kappa shape index (κ3) is 4.37. The standard InChI is InChI=1S/C17H23NO5/c1-3-23-14-9-6-12(10-15(14)22-2)16(19)18-13-7-4-11(5-8-13)17(20)21/h6,9-11,13H,3-5,7-8H2,1-2H3,(H,18,19)(H,20,21). The van der Waals surface area contributed by atoms with Crippen LogP contribution in [0.5, 0.6) is 11.5 Å². The first-order valence-electron chi connectivity index (χ1n) is 7.89. The molecule has 126 valence electrons. The number of carboxylic acid groups (broad SMARTS) is 1. The Hall–Kier alpha value is -2.24. The zero-order chi connectivity index (χ0) is 16.8. The molecule has 0 spiro atoms. The van der Waals surface area contributed by atoms with Crippen LogP contribution in [0, 0.1) is 5.92 Å². The molecule has 1 aliphatic rings. The van der Waals surface area contributed by atoms with Crippen molar-refractivity contribution in [1.82, 2.24) is 5.32 Å². The van der Waals surface area contributed by atoms with Crippen molar-refractivity contribution in [3.05, 3.63) is 23.8 Å². The van der Waals surface area contributed by atoms with E-state index in [4.69, 9.17) is 14.6 Å². The first-order chi connectivity index (χ1) is 11.0. The molecule has 0 aromatic heterocycles. The highest BCUT2D eigenvalue weighted by Gasteiger charge is 2.27. The van der Waals surface area contributed by atoms with Crippen molar-refractivity contribution >= 4 is 11.9 Å². The molecule has 0 aliphatic heterocycles. The predicted octanol–water partition coefficient (Wildman–Crippen LogP) is 2.47. The Labute approximate surface area is 135 Å². The van der Waals surface area contributed by atoms with E-state index < -0.39 is 5.97 Å². The number of benzene rings is 1. The van der Waals surface area contributed by atoms with Gasteiger partial charge in [-0.2, -0.15) is 0 Å². The van der Waals surface area contributed by atoms with Crippen LogP contribution in [0.3, 0.4) is 0 Å². The molecule has 6 heteroatoms. The summed E-state index contributed by atoms with van der Waals surface area (Å²) in [4.78, 5) is 23.3. The van der Waals surface area contributed by atoms with Crippen molar-refractivity contribution in [3.8, 4) is 11.5 Å². The van der Waals surface area contributed by atoms with E-state index in [1.807, 2.05) is 6.92 Å². The van der Waals surface area contributed by atoms with Crippen LogP contribution in [0.15, 0.2) is 18.2 Å². The van der Waals surface area contributed by atoms with Crippen molar-refractivity contribution in [2.45, 2.75) is 38.6 Å². The molecule has 0 heterocycles. The molecule has 0 bridgehead atoms. The van der Waals surface area contributed by atoms with Gasteiger partial charge in [-0.15, -0.1) is 0 Å². The second-order valence-corrected chi connectivity index (χ2v) is 5.66. The lowest BCUT2D eigenvalue weighted by Gasteiger charge is -2.26. The number of rotatable bonds is 6. The molecule has 1 aliphatic carbocycles. The van der Waals surface area contributed by atoms with Gasteiger partial charge in [0, 0.05) is 11.6 Å². The highest BCUT2D eigenvalue weighted by atomic mass is 16.5. The van der Waals surface area contributed by atoms with Crippen molar-refractivity contribution in [2.75, 3.05) is 13.7 Å². The van der Waals surface area contributed by atoms with Crippen LogP contribution in [0.1, 0.15) is 43.0 Å². The smallest absolute Gasteiger partial charge is 0.306 e. The van der Waals surface area contributed by atoms with E-state index in [-0.39, 0.29) is 17.9 Å². The fourth-order valence-electron chi connectivity index (χ4n) is 2.84. The molecule has 23 heavy (non-hydrogen) atoms. The van der Waals surface area contributed by atoms with Crippen LogP contribution >= 0.6 is 0 Å². The van der Waals surface area contributed by atoms with Crippen LogP contribution in [0.25, 0.3) is 0 Å². The van der Waals surface area contributed by atoms with Gasteiger partial charge in [0.05, 0.1) is 19.6 Å². The molecule has 1 fully saturated rings. The maximum absolute atomic E-state index is 12.3. The average molecular weight is 321 g/mol. The summed E-state index contributed by atoms with van der Waals surface area (Å²) in [5.74, 6) is -0.0764. The van der Waals surface area contributed by atoms with Crippen LogP contribution < -0.4 is 14.8 Å². The van der Waals surface area contributed by atoms with Gasteiger partial charge in [0.15, 0.2) is 11.5 Å². The first-order valence-corrected chi connectivity index (χ1v) is 7.89. The van der Waals surface area contributed by atoms with E-state index in [2.05, 4.69) is 5.32 Å². The van der Waals surface area contributed by atoms with Gasteiger partial charge in [-0.3, -0.25) is 9.59 Å². The molecular weight excluding hydrogens is 298 g/mol. The van der Waals surface area contributed by atoms with Crippen LogP contribution in [0.4, 0.5) is 0 Å². The van der Waals surface area contributed by atoms with E-state index in [0.717, 1.165) is 0 Å². The first kappa shape index (κ1) is 17.1. The molecule has 1 amide bonds. The monoisotopic (exact) mass is 321 g/mol. The second-order valence-electron chi connectivity index (χ2n) is 5.66. The number of carbonyl (C=O) groups is 2. The summed E-state index contributed by atoms with van der Waals surface area (Å²) in [7, 11) is 1.53. The summed E-state index contributed by atoms with van der Waals surface area (Å²) in [6, 6.07) is 5.10. The quantitative estimate of drug-likeness (QED) is 0.841. The minimum atomic E-state index is -0.744. The molecule has 0 unspecified atom stereocenters. The van der Waals surface area contributed by atoms with Gasteiger partial charge in [0.1, 0.15) is 0 Å². The average Bonchev–Trinajstić information content (AvgIpc) is 2.55. The van der Waals surface area contributed by atoms with Crippen molar-refractivity contribution in [1.29, 1.82) is 0 Å². The van der Waals surface area contributed by atoms with Crippen LogP contribution in [-0.4, -0.2) is 36.7 Å². The molecule has 1 aromatic rings. The fourth-order valence-corrected chi connectivity index (χ4v) is 2.84. The van der Waals surface area contributed by atoms with Crippen LogP contribution in [0.2, 0.25) is 0 Å². The van der Waals surface area contributed by atoms with Gasteiger partial charge in [-0.25, -0.2) is 0 Å². The maximum atomic E-state index is 12.3. The number of methoxy groups -OCH3 is 1. The number of carbonyl (C=O) groups excluding carboxylic acids is 1. The zero-order valence-electron chi connectivity index (χ0n) is 13.5. The van der Waals surface area contributed by atoms with Gasteiger partial charge in [-0.1, -0.05) is 0 Å². The number of amides is 1. The van der Waals surface area contributed by atoms with E-state index in [9.17, 15) is 9.59 Å². The van der Waals surface area contributed by atoms with Gasteiger partial charge in [0.2, 0.25) is 0 Å². The third-order valence-electron chi connectivity index (χ3n) is 4.14. The van der Waals surface area contributed by atoms with Gasteiger partial charge >= 0.3 is 5.97 Å². The Morgan fingerprint density at radius 3 is 2.48 bits per heavy atom. The van der Waals surface area contributed by atoms with E-state index in [0.29, 0.717) is 49.4 Å². The lowest BCUT2D eigenvalue weighted by atomic mass is 9.86. The van der Waals surface area contributed by atoms with Gasteiger partial charge < -0.3 is 19.9 Å². The lowest BCUT2D eigenvalue weighted by Crippen LogP contribution is -2.38. The Kier molecular flexibility index (Phi) is 5.84. The number of nitrogens with one attached hydrogen (secondary N) is 1. The summed E-state index contributed by atoms with van der Waals surface area (Å²) < 4.78 is 10.7. The molecule has 2 N–H and O–H groups in total. The van der Waals surface area contributed by atoms with E-state index >= 15 is 0 Å². The molecule has 1 saturated carbocycles. The van der Waals surface area contributed by atoms with Crippen molar-refractivity contribution < 1.29 is 24.2 Å². The van der Waals surface area contributed by atoms with Crippen LogP contribution in [-0.2, 0) is 4.79 Å². The molecule has 0 atom stereocenters. The fraction of sp³-hybridized carbons (Fsp3) is 0.529. The number of hydrogen-bond acceptors (Lipinski definition) is 4. The molecule has 1 aromatic carbocycles. The van der Waals surface area contributed by atoms with Gasteiger partial charge in [-0.05, 0) is 50.8 Å². The van der Waals surface area contributed by atoms with Crippen molar-refractivity contribution in [2.24, 2.45) is 5.92 Å². The lowest BCUT2D eigenvalue weighted by molar-refractivity contribution is -0.142. The molecule has 2 rings (SSSR count). The Balaban J connectivity index is 1.97. The summed E-state index contributed by atoms with van der Waals surface area (Å²) in [6.45, 7) is 2.41. The topological polar surface area (TPSA) is 84.9 Å². The Morgan fingerprint density at radius 1 is 1.22 bits per heavy atom. The minimum Gasteiger partial charge on any atom is -0.493 e. The summed E-state index contributed by atoms with van der Waals surface area (Å²) in [6.07, 6.45) is 2.59. The number of ether oxygens (including phenoxy) is 2. The Bertz CT molecular complexity index is 564. The number of aliphatic carboxylic acids is 1. The molecule has 0 radical (unpaired) electrons. The predicted molar refractivity (Wildman–Crippen MR) is 85.0 cm³/mol. The molecule has 0 saturated heterocycles. The van der Waals surface area contributed by atoms with Gasteiger partial charge in [0.25, 0.3) is 5.91 Å². The highest BCUT2D eigenvalue weighted by molar-refractivity contribution is 5.95. The van der Waals surface area contributed by atoms with Crippen molar-refractivity contribution in [3.63, 3.8) is 0 Å². The molecular formula is C17H23NO5. The third-order valence-corrected chi connectivity index (χ3v) is 4.14. The Morgan fingerprint density at radius 2 is 1.91 bits per heavy atom. The SMILES string of the molecule is CCOc1ccc(C(=O)NC2CCC(C(=O)O)CC2)cc1OC. The number of carboxylic acids is 1. The second kappa shape index (κ2) is 7.85. The minimum absolute atomic E-state index is 0.0238. The molecule has 6 nitrogen and oxygen atoms in total. The summed E-state index contributed by atoms with van der Waals surface area (Å²) >= 11 is 0. The van der Waals surface area contributed by atoms with E-state index in [1.54, 1.807) is 18.2 Å². The maximum Gasteiger partial charge on any atom is 0.306 e. The number of hydrogen-bond donors (Lipinski definition) is 2. The zero-order valence-corrected chi connectivity index (χ0v) is 13.5.